The lowest BCUT2D eigenvalue weighted by atomic mass is 9.94. The van der Waals surface area contributed by atoms with E-state index < -0.39 is 0 Å². The van der Waals surface area contributed by atoms with Gasteiger partial charge in [-0.3, -0.25) is 9.69 Å². The van der Waals surface area contributed by atoms with Gasteiger partial charge in [-0.15, -0.1) is 0 Å². The Balaban J connectivity index is 1.59. The van der Waals surface area contributed by atoms with Crippen molar-refractivity contribution in [1.29, 1.82) is 0 Å². The zero-order chi connectivity index (χ0) is 17.0. The minimum absolute atomic E-state index is 0.0388. The van der Waals surface area contributed by atoms with Gasteiger partial charge in [0.05, 0.1) is 6.42 Å². The molecule has 3 nitrogen and oxygen atoms in total. The molecule has 0 spiro atoms. The number of rotatable bonds is 5. The van der Waals surface area contributed by atoms with Crippen molar-refractivity contribution >= 4 is 40.9 Å². The average Bonchev–Trinajstić information content (AvgIpc) is 3.07. The number of nitrogens with one attached hydrogen (secondary N) is 1. The Morgan fingerprint density at radius 1 is 1.21 bits per heavy atom. The number of carbonyl (C=O) groups excluding carboxylic acids is 1. The monoisotopic (exact) mass is 386 g/mol. The van der Waals surface area contributed by atoms with Crippen LogP contribution >= 0.6 is 35.0 Å². The molecule has 2 fully saturated rings. The zero-order valence-corrected chi connectivity index (χ0v) is 16.2. The summed E-state index contributed by atoms with van der Waals surface area (Å²) in [6.45, 7) is 3.04. The zero-order valence-electron chi connectivity index (χ0n) is 13.8. The minimum atomic E-state index is 0.0388. The Labute approximate surface area is 158 Å². The van der Waals surface area contributed by atoms with E-state index in [0.717, 1.165) is 25.2 Å². The highest BCUT2D eigenvalue weighted by atomic mass is 35.5. The van der Waals surface area contributed by atoms with Crippen molar-refractivity contribution in [2.75, 3.05) is 31.1 Å². The Kier molecular flexibility index (Phi) is 6.36. The molecule has 1 N–H and O–H groups in total. The predicted molar refractivity (Wildman–Crippen MR) is 103 cm³/mol. The van der Waals surface area contributed by atoms with Crippen LogP contribution in [-0.4, -0.2) is 47.5 Å². The molecule has 1 aliphatic heterocycles. The number of benzene rings is 1. The van der Waals surface area contributed by atoms with Crippen molar-refractivity contribution in [2.45, 2.75) is 37.6 Å². The summed E-state index contributed by atoms with van der Waals surface area (Å²) < 4.78 is 0. The van der Waals surface area contributed by atoms with Gasteiger partial charge in [-0.25, -0.2) is 0 Å². The summed E-state index contributed by atoms with van der Waals surface area (Å²) in [5, 5.41) is 4.33. The summed E-state index contributed by atoms with van der Waals surface area (Å²) in [5.74, 6) is 2.45. The summed E-state index contributed by atoms with van der Waals surface area (Å²) in [6, 6.07) is 5.30. The number of hydrogen-bond acceptors (Lipinski definition) is 3. The van der Waals surface area contributed by atoms with Crippen molar-refractivity contribution in [2.24, 2.45) is 0 Å². The van der Waals surface area contributed by atoms with Crippen LogP contribution in [0, 0.1) is 0 Å². The van der Waals surface area contributed by atoms with Gasteiger partial charge in [0.15, 0.2) is 0 Å². The summed E-state index contributed by atoms with van der Waals surface area (Å²) >= 11 is 14.1. The molecule has 1 saturated heterocycles. The van der Waals surface area contributed by atoms with Crippen LogP contribution in [0.15, 0.2) is 18.2 Å². The Morgan fingerprint density at radius 2 is 1.92 bits per heavy atom. The maximum absolute atomic E-state index is 12.4. The SMILES string of the molecule is O=C(Cc1ccc(Cl)cc1Cl)NCC1(N2CCSCC2)CCCC1. The van der Waals surface area contributed by atoms with E-state index in [2.05, 4.69) is 10.2 Å². The van der Waals surface area contributed by atoms with Crippen LogP contribution in [-0.2, 0) is 11.2 Å². The van der Waals surface area contributed by atoms with Gasteiger partial charge in [0, 0.05) is 46.7 Å². The molecule has 2 aliphatic rings. The normalized spacial score (nSPS) is 20.9. The van der Waals surface area contributed by atoms with Gasteiger partial charge < -0.3 is 5.32 Å². The lowest BCUT2D eigenvalue weighted by molar-refractivity contribution is -0.121. The Hall–Kier alpha value is -0.420. The molecule has 0 atom stereocenters. The third kappa shape index (κ3) is 4.40. The topological polar surface area (TPSA) is 32.3 Å². The summed E-state index contributed by atoms with van der Waals surface area (Å²) in [7, 11) is 0. The van der Waals surface area contributed by atoms with Crippen LogP contribution in [0.2, 0.25) is 10.0 Å². The molecule has 0 aromatic heterocycles. The van der Waals surface area contributed by atoms with E-state index in [1.807, 2.05) is 17.8 Å². The van der Waals surface area contributed by atoms with Crippen molar-refractivity contribution in [3.05, 3.63) is 33.8 Å². The molecule has 3 rings (SSSR count). The molecule has 132 valence electrons. The molecular weight excluding hydrogens is 363 g/mol. The van der Waals surface area contributed by atoms with Crippen molar-refractivity contribution in [1.82, 2.24) is 10.2 Å². The van der Waals surface area contributed by atoms with Crippen LogP contribution in [0.1, 0.15) is 31.2 Å². The van der Waals surface area contributed by atoms with E-state index in [4.69, 9.17) is 23.2 Å². The highest BCUT2D eigenvalue weighted by molar-refractivity contribution is 7.99. The van der Waals surface area contributed by atoms with Crippen molar-refractivity contribution in [3.63, 3.8) is 0 Å². The molecule has 1 aromatic carbocycles. The maximum atomic E-state index is 12.4. The van der Waals surface area contributed by atoms with Crippen molar-refractivity contribution < 1.29 is 4.79 Å². The predicted octanol–water partition coefficient (Wildman–Crippen LogP) is 4.01. The van der Waals surface area contributed by atoms with Gasteiger partial charge in [0.25, 0.3) is 0 Å². The molecule has 0 bridgehead atoms. The van der Waals surface area contributed by atoms with E-state index in [1.165, 1.54) is 37.2 Å². The van der Waals surface area contributed by atoms with E-state index >= 15 is 0 Å². The molecule has 1 heterocycles. The Morgan fingerprint density at radius 3 is 2.58 bits per heavy atom. The summed E-state index contributed by atoms with van der Waals surface area (Å²) in [6.07, 6.45) is 5.23. The third-order valence-corrected chi connectivity index (χ3v) is 6.73. The number of hydrogen-bond donors (Lipinski definition) is 1. The fourth-order valence-electron chi connectivity index (χ4n) is 3.84. The molecule has 24 heavy (non-hydrogen) atoms. The van der Waals surface area contributed by atoms with Gasteiger partial charge in [0.2, 0.25) is 5.91 Å². The molecule has 1 aliphatic carbocycles. The smallest absolute Gasteiger partial charge is 0.224 e. The second-order valence-corrected chi connectivity index (χ2v) is 8.79. The van der Waals surface area contributed by atoms with Crippen molar-refractivity contribution in [3.8, 4) is 0 Å². The molecule has 6 heteroatoms. The van der Waals surface area contributed by atoms with Crippen LogP contribution < -0.4 is 5.32 Å². The third-order valence-electron chi connectivity index (χ3n) is 5.20. The first-order valence-electron chi connectivity index (χ1n) is 8.62. The number of carbonyl (C=O) groups is 1. The van der Waals surface area contributed by atoms with Gasteiger partial charge in [-0.2, -0.15) is 11.8 Å². The van der Waals surface area contributed by atoms with E-state index in [0.29, 0.717) is 16.5 Å². The fourth-order valence-corrected chi connectivity index (χ4v) is 5.22. The molecule has 1 aromatic rings. The largest absolute Gasteiger partial charge is 0.354 e. The Bertz CT molecular complexity index is 584. The van der Waals surface area contributed by atoms with Crippen LogP contribution in [0.25, 0.3) is 0 Å². The van der Waals surface area contributed by atoms with Gasteiger partial charge in [0.1, 0.15) is 0 Å². The maximum Gasteiger partial charge on any atom is 0.224 e. The lowest BCUT2D eigenvalue weighted by Crippen LogP contribution is -2.56. The first-order chi connectivity index (χ1) is 11.6. The van der Waals surface area contributed by atoms with Crippen LogP contribution in [0.3, 0.4) is 0 Å². The highest BCUT2D eigenvalue weighted by Gasteiger charge is 2.40. The quantitative estimate of drug-likeness (QED) is 0.829. The van der Waals surface area contributed by atoms with Crippen LogP contribution in [0.4, 0.5) is 0 Å². The second kappa shape index (κ2) is 8.31. The van der Waals surface area contributed by atoms with E-state index in [1.54, 1.807) is 12.1 Å². The van der Waals surface area contributed by atoms with Gasteiger partial charge in [-0.1, -0.05) is 42.1 Å². The van der Waals surface area contributed by atoms with Gasteiger partial charge >= 0.3 is 0 Å². The standard InChI is InChI=1S/C18H24Cl2N2OS/c19-15-4-3-14(16(20)12-15)11-17(23)21-13-18(5-1-2-6-18)22-7-9-24-10-8-22/h3-4,12H,1-2,5-11,13H2,(H,21,23). The minimum Gasteiger partial charge on any atom is -0.354 e. The number of halogens is 2. The first kappa shape index (κ1) is 18.4. The van der Waals surface area contributed by atoms with Gasteiger partial charge in [-0.05, 0) is 30.5 Å². The van der Waals surface area contributed by atoms with Crippen LogP contribution in [0.5, 0.6) is 0 Å². The number of amides is 1. The molecule has 0 unspecified atom stereocenters. The first-order valence-corrected chi connectivity index (χ1v) is 10.5. The fraction of sp³-hybridized carbons (Fsp3) is 0.611. The molecule has 1 saturated carbocycles. The average molecular weight is 387 g/mol. The lowest BCUT2D eigenvalue weighted by Gasteiger charge is -2.43. The second-order valence-electron chi connectivity index (χ2n) is 6.72. The summed E-state index contributed by atoms with van der Waals surface area (Å²) in [4.78, 5) is 15.0. The molecule has 0 radical (unpaired) electrons. The highest BCUT2D eigenvalue weighted by Crippen LogP contribution is 2.36. The molecule has 1 amide bonds. The van der Waals surface area contributed by atoms with E-state index in [9.17, 15) is 4.79 Å². The van der Waals surface area contributed by atoms with E-state index in [-0.39, 0.29) is 11.4 Å². The molecular formula is C18H24Cl2N2OS. The number of thioether (sulfide) groups is 1. The number of nitrogens with zero attached hydrogens (tertiary/aromatic N) is 1. The summed E-state index contributed by atoms with van der Waals surface area (Å²) in [5.41, 5.74) is 0.994.